The molecule has 2 heterocycles. The highest BCUT2D eigenvalue weighted by atomic mass is 32.2. The molecule has 4 rings (SSSR count). The Labute approximate surface area is 157 Å². The van der Waals surface area contributed by atoms with Gasteiger partial charge < -0.3 is 10.2 Å². The van der Waals surface area contributed by atoms with E-state index >= 15 is 0 Å². The second-order valence-electron chi connectivity index (χ2n) is 7.94. The van der Waals surface area contributed by atoms with Crippen LogP contribution in [0.25, 0.3) is 0 Å². The summed E-state index contributed by atoms with van der Waals surface area (Å²) in [5.74, 6) is 5.26. The third kappa shape index (κ3) is 3.73. The Balaban J connectivity index is 1.32. The predicted molar refractivity (Wildman–Crippen MR) is 107 cm³/mol. The number of thioether (sulfide) groups is 4. The number of hydrogen-bond donors (Lipinski definition) is 2. The predicted octanol–water partition coefficient (Wildman–Crippen LogP) is 4.20. The van der Waals surface area contributed by atoms with Crippen LogP contribution in [0.2, 0.25) is 0 Å². The van der Waals surface area contributed by atoms with E-state index in [1.807, 2.05) is 0 Å². The van der Waals surface area contributed by atoms with E-state index in [4.69, 9.17) is 0 Å². The fourth-order valence-electron chi connectivity index (χ4n) is 4.13. The Kier molecular flexibility index (Phi) is 5.24. The van der Waals surface area contributed by atoms with E-state index in [1.54, 1.807) is 0 Å². The SMILES string of the molecule is OC1CCC2(CC1)SCC1(CS2)CSC2(CCC(O)CC2)SC1. The lowest BCUT2D eigenvalue weighted by Crippen LogP contribution is -2.47. The van der Waals surface area contributed by atoms with Gasteiger partial charge in [0, 0.05) is 28.4 Å². The van der Waals surface area contributed by atoms with E-state index < -0.39 is 0 Å². The van der Waals surface area contributed by atoms with Crippen LogP contribution in [0.4, 0.5) is 0 Å². The topological polar surface area (TPSA) is 40.5 Å². The van der Waals surface area contributed by atoms with E-state index in [1.165, 1.54) is 48.7 Å². The lowest BCUT2D eigenvalue weighted by molar-refractivity contribution is 0.128. The highest BCUT2D eigenvalue weighted by Crippen LogP contribution is 2.62. The standard InChI is InChI=1S/C17H28O2S4/c18-13-1-5-16(6-2-13)20-9-15(10-21-16)11-22-17(23-12-15)7-3-14(19)4-8-17/h13-14,18-19H,1-12H2. The molecule has 4 aliphatic rings. The van der Waals surface area contributed by atoms with Crippen LogP contribution >= 0.6 is 47.0 Å². The van der Waals surface area contributed by atoms with Crippen molar-refractivity contribution in [1.29, 1.82) is 0 Å². The molecule has 0 atom stereocenters. The molecule has 0 bridgehead atoms. The van der Waals surface area contributed by atoms with Crippen LogP contribution in [0.15, 0.2) is 0 Å². The van der Waals surface area contributed by atoms with Crippen molar-refractivity contribution in [3.05, 3.63) is 0 Å². The zero-order valence-electron chi connectivity index (χ0n) is 13.7. The summed E-state index contributed by atoms with van der Waals surface area (Å²) in [6.45, 7) is 0. The Morgan fingerprint density at radius 2 is 0.870 bits per heavy atom. The number of aliphatic hydroxyl groups excluding tert-OH is 2. The van der Waals surface area contributed by atoms with Crippen LogP contribution in [0.1, 0.15) is 51.4 Å². The maximum atomic E-state index is 9.78. The van der Waals surface area contributed by atoms with Gasteiger partial charge in [-0.15, -0.1) is 47.0 Å². The van der Waals surface area contributed by atoms with Crippen LogP contribution in [0, 0.1) is 5.41 Å². The second kappa shape index (κ2) is 6.80. The van der Waals surface area contributed by atoms with E-state index in [0.717, 1.165) is 25.7 Å². The summed E-state index contributed by atoms with van der Waals surface area (Å²) in [4.78, 5) is 0. The van der Waals surface area contributed by atoms with Gasteiger partial charge in [0.1, 0.15) is 0 Å². The highest BCUT2D eigenvalue weighted by molar-refractivity contribution is 8.20. The van der Waals surface area contributed by atoms with Crippen molar-refractivity contribution in [1.82, 2.24) is 0 Å². The Hall–Kier alpha value is 1.32. The van der Waals surface area contributed by atoms with Gasteiger partial charge in [0.25, 0.3) is 0 Å². The molecule has 0 radical (unpaired) electrons. The van der Waals surface area contributed by atoms with Crippen LogP contribution in [0.5, 0.6) is 0 Å². The third-order valence-electron chi connectivity index (χ3n) is 6.00. The molecule has 4 fully saturated rings. The summed E-state index contributed by atoms with van der Waals surface area (Å²) in [5.41, 5.74) is 0.521. The summed E-state index contributed by atoms with van der Waals surface area (Å²) in [6.07, 6.45) is 8.71. The number of hydrogen-bond acceptors (Lipinski definition) is 6. The lowest BCUT2D eigenvalue weighted by Gasteiger charge is -2.52. The maximum absolute atomic E-state index is 9.78. The number of aliphatic hydroxyl groups is 2. The van der Waals surface area contributed by atoms with E-state index in [2.05, 4.69) is 47.0 Å². The van der Waals surface area contributed by atoms with E-state index in [-0.39, 0.29) is 12.2 Å². The molecule has 0 aromatic carbocycles. The van der Waals surface area contributed by atoms with Crippen molar-refractivity contribution in [2.24, 2.45) is 5.41 Å². The molecule has 2 nitrogen and oxygen atoms in total. The molecule has 132 valence electrons. The van der Waals surface area contributed by atoms with Gasteiger partial charge >= 0.3 is 0 Å². The van der Waals surface area contributed by atoms with Gasteiger partial charge in [0.2, 0.25) is 0 Å². The van der Waals surface area contributed by atoms with Gasteiger partial charge in [0.15, 0.2) is 0 Å². The van der Waals surface area contributed by atoms with Gasteiger partial charge in [-0.2, -0.15) is 0 Å². The van der Waals surface area contributed by atoms with Gasteiger partial charge in [-0.05, 0) is 51.4 Å². The van der Waals surface area contributed by atoms with Crippen molar-refractivity contribution in [2.75, 3.05) is 23.0 Å². The minimum absolute atomic E-state index is 0.0417. The Morgan fingerprint density at radius 3 is 1.17 bits per heavy atom. The van der Waals surface area contributed by atoms with Gasteiger partial charge in [-0.1, -0.05) is 0 Å². The molecule has 0 aromatic heterocycles. The normalized spacial score (nSPS) is 51.4. The van der Waals surface area contributed by atoms with Crippen molar-refractivity contribution in [3.63, 3.8) is 0 Å². The van der Waals surface area contributed by atoms with Gasteiger partial charge in [0.05, 0.1) is 20.4 Å². The molecule has 0 unspecified atom stereocenters. The first-order chi connectivity index (χ1) is 11.0. The summed E-state index contributed by atoms with van der Waals surface area (Å²) >= 11 is 8.86. The lowest BCUT2D eigenvalue weighted by atomic mass is 9.96. The van der Waals surface area contributed by atoms with Gasteiger partial charge in [-0.3, -0.25) is 0 Å². The smallest absolute Gasteiger partial charge is 0.0613 e. The van der Waals surface area contributed by atoms with Crippen molar-refractivity contribution in [2.45, 2.75) is 71.7 Å². The average Bonchev–Trinajstić information content (AvgIpc) is 2.59. The molecular formula is C17H28O2S4. The van der Waals surface area contributed by atoms with Gasteiger partial charge in [-0.25, -0.2) is 0 Å². The van der Waals surface area contributed by atoms with Crippen molar-refractivity contribution in [3.8, 4) is 0 Å². The first-order valence-corrected chi connectivity index (χ1v) is 12.9. The fraction of sp³-hybridized carbons (Fsp3) is 1.00. The average molecular weight is 393 g/mol. The number of rotatable bonds is 0. The summed E-state index contributed by atoms with van der Waals surface area (Å²) in [7, 11) is 0. The molecule has 2 saturated carbocycles. The maximum Gasteiger partial charge on any atom is 0.0613 e. The Bertz CT molecular complexity index is 365. The molecule has 0 aromatic rings. The molecule has 23 heavy (non-hydrogen) atoms. The summed E-state index contributed by atoms with van der Waals surface area (Å²) in [5, 5.41) is 19.6. The van der Waals surface area contributed by atoms with E-state index in [9.17, 15) is 10.2 Å². The van der Waals surface area contributed by atoms with Crippen LogP contribution in [0.3, 0.4) is 0 Å². The van der Waals surface area contributed by atoms with Crippen LogP contribution in [-0.2, 0) is 0 Å². The molecule has 3 spiro atoms. The van der Waals surface area contributed by atoms with Crippen molar-refractivity contribution < 1.29 is 10.2 Å². The van der Waals surface area contributed by atoms with Crippen molar-refractivity contribution >= 4 is 47.0 Å². The minimum atomic E-state index is -0.0417. The largest absolute Gasteiger partial charge is 0.393 e. The molecular weight excluding hydrogens is 364 g/mol. The third-order valence-corrected chi connectivity index (χ3v) is 14.2. The molecule has 0 amide bonds. The van der Waals surface area contributed by atoms with Crippen LogP contribution in [-0.4, -0.2) is 53.6 Å². The zero-order chi connectivity index (χ0) is 16.0. The summed E-state index contributed by atoms with van der Waals surface area (Å²) in [6, 6.07) is 0. The molecule has 6 heteroatoms. The molecule has 2 aliphatic carbocycles. The monoisotopic (exact) mass is 392 g/mol. The second-order valence-corrected chi connectivity index (χ2v) is 13.9. The van der Waals surface area contributed by atoms with E-state index in [0.29, 0.717) is 13.6 Å². The fourth-order valence-corrected chi connectivity index (χ4v) is 11.9. The highest BCUT2D eigenvalue weighted by Gasteiger charge is 2.50. The summed E-state index contributed by atoms with van der Waals surface area (Å²) < 4.78 is 0.841. The quantitative estimate of drug-likeness (QED) is 0.644. The Morgan fingerprint density at radius 1 is 0.565 bits per heavy atom. The zero-order valence-corrected chi connectivity index (χ0v) is 16.9. The molecule has 2 N–H and O–H groups in total. The first-order valence-electron chi connectivity index (χ1n) is 8.95. The van der Waals surface area contributed by atoms with Crippen LogP contribution < -0.4 is 0 Å². The molecule has 2 aliphatic heterocycles. The first kappa shape index (κ1) is 17.7. The minimum Gasteiger partial charge on any atom is -0.393 e. The molecule has 2 saturated heterocycles.